The van der Waals surface area contributed by atoms with Crippen LogP contribution in [0.25, 0.3) is 0 Å². The Labute approximate surface area is 163 Å². The minimum absolute atomic E-state index is 0.0705. The Hall–Kier alpha value is -2.43. The molecule has 0 aliphatic rings. The van der Waals surface area contributed by atoms with Crippen LogP contribution < -0.4 is 10.6 Å². The van der Waals surface area contributed by atoms with Crippen molar-refractivity contribution in [1.29, 1.82) is 0 Å². The number of rotatable bonds is 7. The minimum atomic E-state index is -3.68. The summed E-state index contributed by atoms with van der Waals surface area (Å²) in [6.45, 7) is -0.130. The first-order chi connectivity index (χ1) is 13.0. The summed E-state index contributed by atoms with van der Waals surface area (Å²) in [5.41, 5.74) is 0. The highest BCUT2D eigenvalue weighted by molar-refractivity contribution is 7.93. The average molecular weight is 425 g/mol. The third-order valence-corrected chi connectivity index (χ3v) is 8.32. The van der Waals surface area contributed by atoms with Crippen molar-refractivity contribution >= 4 is 44.3 Å². The molecule has 142 valence electrons. The van der Waals surface area contributed by atoms with Crippen molar-refractivity contribution in [2.24, 2.45) is 0 Å². The molecule has 3 aromatic heterocycles. The van der Waals surface area contributed by atoms with Crippen molar-refractivity contribution in [2.75, 3.05) is 6.54 Å². The minimum Gasteiger partial charge on any atom is -0.467 e. The predicted molar refractivity (Wildman–Crippen MR) is 102 cm³/mol. The second kappa shape index (κ2) is 8.51. The molecule has 3 aromatic rings. The molecule has 3 rings (SSSR count). The monoisotopic (exact) mass is 424 g/mol. The molecule has 0 aromatic carbocycles. The first-order valence-corrected chi connectivity index (χ1v) is 11.2. The molecule has 2 amide bonds. The Bertz CT molecular complexity index is 978. The molecule has 0 saturated heterocycles. The number of carbonyl (C=O) groups is 2. The highest BCUT2D eigenvalue weighted by atomic mass is 32.2. The van der Waals surface area contributed by atoms with Crippen LogP contribution >= 0.6 is 22.7 Å². The lowest BCUT2D eigenvalue weighted by atomic mass is 10.3. The van der Waals surface area contributed by atoms with E-state index in [1.807, 2.05) is 0 Å². The lowest BCUT2D eigenvalue weighted by Crippen LogP contribution is -2.41. The summed E-state index contributed by atoms with van der Waals surface area (Å²) in [5.74, 6) is -1.25. The Morgan fingerprint density at radius 3 is 2.37 bits per heavy atom. The molecule has 1 atom stereocenters. The Morgan fingerprint density at radius 1 is 1.00 bits per heavy atom. The quantitative estimate of drug-likeness (QED) is 0.567. The van der Waals surface area contributed by atoms with Gasteiger partial charge in [-0.2, -0.15) is 0 Å². The summed E-state index contributed by atoms with van der Waals surface area (Å²) < 4.78 is 31.1. The van der Waals surface area contributed by atoms with Crippen molar-refractivity contribution in [3.63, 3.8) is 0 Å². The summed E-state index contributed by atoms with van der Waals surface area (Å²) in [7, 11) is -3.68. The number of furan rings is 1. The number of amides is 2. The van der Waals surface area contributed by atoms with Crippen LogP contribution in [0.5, 0.6) is 0 Å². The largest absolute Gasteiger partial charge is 0.467 e. The zero-order chi connectivity index (χ0) is 19.3. The maximum Gasteiger partial charge on any atom is 0.309 e. The van der Waals surface area contributed by atoms with Gasteiger partial charge in [0.2, 0.25) is 0 Å². The maximum absolute atomic E-state index is 12.9. The molecule has 0 fully saturated rings. The lowest BCUT2D eigenvalue weighted by molar-refractivity contribution is -0.139. The van der Waals surface area contributed by atoms with E-state index in [1.54, 1.807) is 41.1 Å². The molecular weight excluding hydrogens is 408 g/mol. The fourth-order valence-corrected chi connectivity index (χ4v) is 6.32. The smallest absolute Gasteiger partial charge is 0.309 e. The van der Waals surface area contributed by atoms with Crippen LogP contribution in [-0.4, -0.2) is 26.8 Å². The van der Waals surface area contributed by atoms with Crippen molar-refractivity contribution < 1.29 is 22.4 Å². The van der Waals surface area contributed by atoms with Crippen LogP contribution in [0.15, 0.2) is 62.0 Å². The fraction of sp³-hybridized carbons (Fsp3) is 0.176. The Balaban J connectivity index is 1.66. The van der Waals surface area contributed by atoms with Gasteiger partial charge in [-0.05, 0) is 35.0 Å². The topological polar surface area (TPSA) is 105 Å². The molecule has 0 saturated carbocycles. The van der Waals surface area contributed by atoms with Gasteiger partial charge in [0.05, 0.1) is 12.8 Å². The van der Waals surface area contributed by atoms with Gasteiger partial charge >= 0.3 is 11.8 Å². The molecule has 0 aliphatic carbocycles. The normalized spacial score (nSPS) is 12.4. The van der Waals surface area contributed by atoms with E-state index in [1.165, 1.54) is 23.7 Å². The van der Waals surface area contributed by atoms with E-state index in [0.29, 0.717) is 10.6 Å². The molecule has 10 heteroatoms. The van der Waals surface area contributed by atoms with E-state index >= 15 is 0 Å². The van der Waals surface area contributed by atoms with Gasteiger partial charge in [0.15, 0.2) is 9.84 Å². The summed E-state index contributed by atoms with van der Waals surface area (Å²) in [6.07, 6.45) is 1.46. The van der Waals surface area contributed by atoms with Crippen LogP contribution in [0.3, 0.4) is 0 Å². The van der Waals surface area contributed by atoms with Crippen molar-refractivity contribution in [3.05, 3.63) is 64.1 Å². The molecule has 0 bridgehead atoms. The SMILES string of the molecule is O=C(NCc1ccco1)C(=O)NC[C@@H](c1cccs1)S(=O)(=O)c1cccs1. The van der Waals surface area contributed by atoms with Gasteiger partial charge in [0.1, 0.15) is 15.2 Å². The number of hydrogen-bond donors (Lipinski definition) is 2. The van der Waals surface area contributed by atoms with Crippen LogP contribution in [0, 0.1) is 0 Å². The number of nitrogens with one attached hydrogen (secondary N) is 2. The van der Waals surface area contributed by atoms with Gasteiger partial charge in [0, 0.05) is 11.4 Å². The molecule has 7 nitrogen and oxygen atoms in total. The standard InChI is InChI=1S/C17H16N2O5S3/c20-16(18-10-12-4-1-7-24-12)17(21)19-11-14(13-5-2-8-25-13)27(22,23)15-6-3-9-26-15/h1-9,14H,10-11H2,(H,18,20)(H,19,21)/t14-/m0/s1. The van der Waals surface area contributed by atoms with Gasteiger partial charge < -0.3 is 15.1 Å². The Morgan fingerprint density at radius 2 is 1.74 bits per heavy atom. The highest BCUT2D eigenvalue weighted by Gasteiger charge is 2.31. The van der Waals surface area contributed by atoms with Crippen molar-refractivity contribution in [2.45, 2.75) is 16.0 Å². The summed E-state index contributed by atoms with van der Waals surface area (Å²) >= 11 is 2.40. The van der Waals surface area contributed by atoms with Gasteiger partial charge in [-0.3, -0.25) is 9.59 Å². The van der Waals surface area contributed by atoms with E-state index in [4.69, 9.17) is 4.42 Å². The number of hydrogen-bond acceptors (Lipinski definition) is 7. The number of carbonyl (C=O) groups excluding carboxylic acids is 2. The van der Waals surface area contributed by atoms with E-state index in [2.05, 4.69) is 10.6 Å². The van der Waals surface area contributed by atoms with E-state index in [-0.39, 0.29) is 17.3 Å². The van der Waals surface area contributed by atoms with Gasteiger partial charge in [-0.25, -0.2) is 8.42 Å². The number of sulfone groups is 1. The van der Waals surface area contributed by atoms with Gasteiger partial charge in [-0.15, -0.1) is 22.7 Å². The zero-order valence-electron chi connectivity index (χ0n) is 14.0. The molecule has 3 heterocycles. The van der Waals surface area contributed by atoms with Crippen LogP contribution in [0.4, 0.5) is 0 Å². The van der Waals surface area contributed by atoms with Crippen LogP contribution in [-0.2, 0) is 26.0 Å². The van der Waals surface area contributed by atoms with Crippen molar-refractivity contribution in [3.8, 4) is 0 Å². The summed E-state index contributed by atoms with van der Waals surface area (Å²) in [4.78, 5) is 24.6. The molecular formula is C17H16N2O5S3. The van der Waals surface area contributed by atoms with Gasteiger partial charge in [-0.1, -0.05) is 12.1 Å². The fourth-order valence-electron chi connectivity index (χ4n) is 2.33. The molecule has 0 unspecified atom stereocenters. The van der Waals surface area contributed by atoms with Crippen LogP contribution in [0.2, 0.25) is 0 Å². The highest BCUT2D eigenvalue weighted by Crippen LogP contribution is 2.33. The zero-order valence-corrected chi connectivity index (χ0v) is 16.4. The second-order valence-electron chi connectivity index (χ2n) is 5.45. The first kappa shape index (κ1) is 19.3. The van der Waals surface area contributed by atoms with Crippen molar-refractivity contribution in [1.82, 2.24) is 10.6 Å². The molecule has 2 N–H and O–H groups in total. The average Bonchev–Trinajstić information content (AvgIpc) is 3.42. The Kier molecular flexibility index (Phi) is 6.09. The second-order valence-corrected chi connectivity index (χ2v) is 9.74. The maximum atomic E-state index is 12.9. The summed E-state index contributed by atoms with van der Waals surface area (Å²) in [6, 6.07) is 9.96. The van der Waals surface area contributed by atoms with E-state index < -0.39 is 26.9 Å². The lowest BCUT2D eigenvalue weighted by Gasteiger charge is -2.16. The molecule has 0 radical (unpaired) electrons. The van der Waals surface area contributed by atoms with E-state index in [9.17, 15) is 18.0 Å². The third-order valence-electron chi connectivity index (χ3n) is 3.67. The van der Waals surface area contributed by atoms with Gasteiger partial charge in [0.25, 0.3) is 0 Å². The molecule has 27 heavy (non-hydrogen) atoms. The van der Waals surface area contributed by atoms with E-state index in [0.717, 1.165) is 11.3 Å². The number of thiophene rings is 2. The van der Waals surface area contributed by atoms with Crippen LogP contribution in [0.1, 0.15) is 15.9 Å². The molecule has 0 spiro atoms. The predicted octanol–water partition coefficient (Wildman–Crippen LogP) is 2.35. The molecule has 0 aliphatic heterocycles. The third kappa shape index (κ3) is 4.65. The summed E-state index contributed by atoms with van der Waals surface area (Å²) in [5, 5.41) is 7.33. The first-order valence-electron chi connectivity index (χ1n) is 7.87.